The van der Waals surface area contributed by atoms with Crippen molar-refractivity contribution in [3.8, 4) is 11.5 Å². The van der Waals surface area contributed by atoms with Crippen LogP contribution >= 0.6 is 0 Å². The van der Waals surface area contributed by atoms with Gasteiger partial charge in [0.15, 0.2) is 5.65 Å². The Kier molecular flexibility index (Phi) is 7.29. The van der Waals surface area contributed by atoms with Crippen LogP contribution in [-0.2, 0) is 23.5 Å². The van der Waals surface area contributed by atoms with E-state index in [2.05, 4.69) is 11.9 Å². The molecule has 2 aromatic heterocycles. The van der Waals surface area contributed by atoms with E-state index in [9.17, 15) is 4.79 Å². The van der Waals surface area contributed by atoms with Gasteiger partial charge in [0, 0.05) is 12.7 Å². The van der Waals surface area contributed by atoms with Crippen LogP contribution in [0.1, 0.15) is 32.9 Å². The summed E-state index contributed by atoms with van der Waals surface area (Å²) in [6.45, 7) is 4.57. The highest BCUT2D eigenvalue weighted by Gasteiger charge is 2.38. The number of hydrogen-bond acceptors (Lipinski definition) is 6. The van der Waals surface area contributed by atoms with E-state index < -0.39 is 11.5 Å². The van der Waals surface area contributed by atoms with E-state index in [0.29, 0.717) is 29.1 Å². The van der Waals surface area contributed by atoms with Gasteiger partial charge in [-0.2, -0.15) is 0 Å². The van der Waals surface area contributed by atoms with Crippen LogP contribution in [0.15, 0.2) is 91.1 Å². The number of amides is 1. The summed E-state index contributed by atoms with van der Waals surface area (Å²) in [7, 11) is 3.28. The molecule has 2 heterocycles. The first-order chi connectivity index (χ1) is 19.0. The highest BCUT2D eigenvalue weighted by atomic mass is 16.5. The molecular formula is C31H29N4O4. The first-order valence-electron chi connectivity index (χ1n) is 12.4. The Morgan fingerprint density at radius 1 is 0.897 bits per heavy atom. The predicted octanol–water partition coefficient (Wildman–Crippen LogP) is 4.89. The molecule has 0 unspecified atom stereocenters. The normalized spacial score (nSPS) is 11.5. The molecule has 0 spiro atoms. The first-order valence-corrected chi connectivity index (χ1v) is 12.4. The Hall–Kier alpha value is -4.69. The monoisotopic (exact) mass is 521 g/mol. The lowest BCUT2D eigenvalue weighted by Gasteiger charge is -2.36. The number of primary amides is 1. The van der Waals surface area contributed by atoms with Gasteiger partial charge in [-0.05, 0) is 53.9 Å². The van der Waals surface area contributed by atoms with Gasteiger partial charge in [-0.15, -0.1) is 0 Å². The molecule has 5 aromatic rings. The van der Waals surface area contributed by atoms with Crippen molar-refractivity contribution >= 4 is 17.1 Å². The number of nitrogens with two attached hydrogens (primary N) is 1. The van der Waals surface area contributed by atoms with Crippen molar-refractivity contribution in [3.05, 3.63) is 126 Å². The Bertz CT molecular complexity index is 1530. The van der Waals surface area contributed by atoms with Crippen LogP contribution in [-0.4, -0.2) is 34.7 Å². The Balaban J connectivity index is 1.67. The highest BCUT2D eigenvalue weighted by Crippen LogP contribution is 2.42. The summed E-state index contributed by atoms with van der Waals surface area (Å²) in [5.74, 6) is 1.54. The van der Waals surface area contributed by atoms with Crippen molar-refractivity contribution in [2.45, 2.75) is 18.8 Å². The molecule has 2 N–H and O–H groups in total. The van der Waals surface area contributed by atoms with Crippen LogP contribution in [0.5, 0.6) is 11.5 Å². The van der Waals surface area contributed by atoms with Gasteiger partial charge < -0.3 is 24.5 Å². The molecular weight excluding hydrogens is 492 g/mol. The molecule has 0 aliphatic carbocycles. The third kappa shape index (κ3) is 4.82. The first kappa shape index (κ1) is 25.9. The smallest absolute Gasteiger partial charge is 0.250 e. The van der Waals surface area contributed by atoms with Crippen molar-refractivity contribution in [3.63, 3.8) is 0 Å². The number of nitrogens with zero attached hydrogens (tertiary/aromatic N) is 3. The quantitative estimate of drug-likeness (QED) is 0.263. The average molecular weight is 522 g/mol. The molecule has 1 radical (unpaired) electrons. The zero-order chi connectivity index (χ0) is 27.4. The summed E-state index contributed by atoms with van der Waals surface area (Å²) in [6.07, 6.45) is 1.45. The fourth-order valence-electron chi connectivity index (χ4n) is 4.78. The van der Waals surface area contributed by atoms with E-state index in [1.54, 1.807) is 20.3 Å². The van der Waals surface area contributed by atoms with Crippen LogP contribution in [0.2, 0.25) is 0 Å². The SMILES string of the molecule is [CH2]Cn1c(COC(c2ccccc2)(c2ccc(OC)cc2)c2ccc(OC)cc2)nc2cc(C(N)=O)cnc21. The van der Waals surface area contributed by atoms with Gasteiger partial charge in [0.25, 0.3) is 0 Å². The lowest BCUT2D eigenvalue weighted by atomic mass is 9.80. The van der Waals surface area contributed by atoms with Crippen molar-refractivity contribution in [2.75, 3.05) is 14.2 Å². The maximum Gasteiger partial charge on any atom is 0.250 e. The number of rotatable bonds is 10. The van der Waals surface area contributed by atoms with Crippen molar-refractivity contribution < 1.29 is 19.0 Å². The summed E-state index contributed by atoms with van der Waals surface area (Å²) in [5.41, 5.74) is 8.66. The number of imidazole rings is 1. The molecule has 0 saturated carbocycles. The second-order valence-corrected chi connectivity index (χ2v) is 8.90. The molecule has 3 aromatic carbocycles. The zero-order valence-corrected chi connectivity index (χ0v) is 21.8. The van der Waals surface area contributed by atoms with Crippen molar-refractivity contribution in [2.24, 2.45) is 5.73 Å². The van der Waals surface area contributed by atoms with Gasteiger partial charge in [-0.1, -0.05) is 54.6 Å². The summed E-state index contributed by atoms with van der Waals surface area (Å²) in [6, 6.07) is 27.3. The number of aromatic nitrogens is 3. The van der Waals surface area contributed by atoms with Gasteiger partial charge in [-0.25, -0.2) is 9.97 Å². The number of methoxy groups -OCH3 is 2. The minimum absolute atomic E-state index is 0.130. The van der Waals surface area contributed by atoms with E-state index in [4.69, 9.17) is 24.9 Å². The standard InChI is InChI=1S/C31H29N4O4/c1-4-35-28(34-27-18-21(29(32)36)19-33-30(27)35)20-39-31(22-8-6-5-7-9-22,23-10-14-25(37-2)15-11-23)24-12-16-26(38-3)17-13-24/h5-19H,1,4,20H2,2-3H3,(H2,32,36). The summed E-state index contributed by atoms with van der Waals surface area (Å²) in [5, 5.41) is 0. The van der Waals surface area contributed by atoms with Gasteiger partial charge >= 0.3 is 0 Å². The van der Waals surface area contributed by atoms with E-state index >= 15 is 0 Å². The van der Waals surface area contributed by atoms with E-state index in [1.807, 2.05) is 83.4 Å². The topological polar surface area (TPSA) is 101 Å². The van der Waals surface area contributed by atoms with Crippen molar-refractivity contribution in [1.82, 2.24) is 14.5 Å². The van der Waals surface area contributed by atoms with Crippen LogP contribution in [0, 0.1) is 6.92 Å². The molecule has 5 rings (SSSR count). The second kappa shape index (κ2) is 11.0. The van der Waals surface area contributed by atoms with Gasteiger partial charge in [-0.3, -0.25) is 4.79 Å². The highest BCUT2D eigenvalue weighted by molar-refractivity contribution is 5.95. The average Bonchev–Trinajstić information content (AvgIpc) is 3.35. The summed E-state index contributed by atoms with van der Waals surface area (Å²) >= 11 is 0. The number of benzene rings is 3. The van der Waals surface area contributed by atoms with Crippen LogP contribution in [0.4, 0.5) is 0 Å². The minimum Gasteiger partial charge on any atom is -0.497 e. The third-order valence-corrected chi connectivity index (χ3v) is 6.76. The third-order valence-electron chi connectivity index (χ3n) is 6.76. The zero-order valence-electron chi connectivity index (χ0n) is 21.8. The molecule has 1 amide bonds. The largest absolute Gasteiger partial charge is 0.497 e. The molecule has 0 fully saturated rings. The van der Waals surface area contributed by atoms with E-state index in [0.717, 1.165) is 28.2 Å². The molecule has 0 aliphatic rings. The van der Waals surface area contributed by atoms with Crippen LogP contribution in [0.3, 0.4) is 0 Å². The minimum atomic E-state index is -1.00. The Morgan fingerprint density at radius 3 is 1.97 bits per heavy atom. The van der Waals surface area contributed by atoms with Crippen molar-refractivity contribution in [1.29, 1.82) is 0 Å². The van der Waals surface area contributed by atoms with Crippen LogP contribution < -0.4 is 15.2 Å². The maximum absolute atomic E-state index is 11.7. The number of ether oxygens (including phenoxy) is 3. The van der Waals surface area contributed by atoms with Crippen LogP contribution in [0.25, 0.3) is 11.2 Å². The maximum atomic E-state index is 11.7. The number of hydrogen-bond donors (Lipinski definition) is 1. The number of carbonyl (C=O) groups is 1. The predicted molar refractivity (Wildman–Crippen MR) is 149 cm³/mol. The lowest BCUT2D eigenvalue weighted by molar-refractivity contribution is -0.00422. The lowest BCUT2D eigenvalue weighted by Crippen LogP contribution is -2.33. The fourth-order valence-corrected chi connectivity index (χ4v) is 4.78. The number of carbonyl (C=O) groups excluding carboxylic acids is 1. The second-order valence-electron chi connectivity index (χ2n) is 8.90. The molecule has 8 nitrogen and oxygen atoms in total. The Labute approximate surface area is 227 Å². The fraction of sp³-hybridized carbons (Fsp3) is 0.161. The summed E-state index contributed by atoms with van der Waals surface area (Å²) in [4.78, 5) is 20.9. The number of pyridine rings is 1. The van der Waals surface area contributed by atoms with Gasteiger partial charge in [0.2, 0.25) is 5.91 Å². The molecule has 39 heavy (non-hydrogen) atoms. The molecule has 0 bridgehead atoms. The summed E-state index contributed by atoms with van der Waals surface area (Å²) < 4.78 is 19.7. The molecule has 8 heteroatoms. The molecule has 0 atom stereocenters. The van der Waals surface area contributed by atoms with E-state index in [1.165, 1.54) is 6.20 Å². The Morgan fingerprint density at radius 2 is 1.46 bits per heavy atom. The molecule has 197 valence electrons. The molecule has 0 saturated heterocycles. The number of fused-ring (bicyclic) bond motifs is 1. The molecule has 0 aliphatic heterocycles. The van der Waals surface area contributed by atoms with Gasteiger partial charge in [0.05, 0.1) is 19.8 Å². The van der Waals surface area contributed by atoms with Gasteiger partial charge in [0.1, 0.15) is 35.0 Å². The van der Waals surface area contributed by atoms with E-state index in [-0.39, 0.29) is 6.61 Å².